The maximum Gasteiger partial charge on any atom is 0.251 e. The van der Waals surface area contributed by atoms with Crippen LogP contribution >= 0.6 is 11.5 Å². The van der Waals surface area contributed by atoms with Gasteiger partial charge in [0.15, 0.2) is 0 Å². The van der Waals surface area contributed by atoms with E-state index >= 15 is 0 Å². The third-order valence-electron chi connectivity index (χ3n) is 1.87. The van der Waals surface area contributed by atoms with E-state index in [1.165, 1.54) is 11.5 Å². The Morgan fingerprint density at radius 1 is 1.33 bits per heavy atom. The van der Waals surface area contributed by atoms with E-state index < -0.39 is 0 Å². The Labute approximate surface area is 91.1 Å². The summed E-state index contributed by atoms with van der Waals surface area (Å²) in [5, 5.41) is 8.41. The van der Waals surface area contributed by atoms with Crippen molar-refractivity contribution in [3.8, 4) is 0 Å². The van der Waals surface area contributed by atoms with Gasteiger partial charge in [-0.25, -0.2) is 0 Å². The van der Waals surface area contributed by atoms with Crippen molar-refractivity contribution in [2.75, 3.05) is 0 Å². The predicted molar refractivity (Wildman–Crippen MR) is 57.5 cm³/mol. The van der Waals surface area contributed by atoms with Gasteiger partial charge in [-0.3, -0.25) is 4.79 Å². The van der Waals surface area contributed by atoms with Crippen molar-refractivity contribution in [3.63, 3.8) is 0 Å². The highest BCUT2D eigenvalue weighted by molar-refractivity contribution is 7.03. The fourth-order valence-electron chi connectivity index (χ4n) is 1.12. The Morgan fingerprint density at radius 2 is 2.13 bits per heavy atom. The molecule has 2 rings (SSSR count). The maximum atomic E-state index is 11.6. The molecule has 1 N–H and O–H groups in total. The minimum absolute atomic E-state index is 0.0939. The molecule has 1 amide bonds. The van der Waals surface area contributed by atoms with Crippen LogP contribution in [0.25, 0.3) is 0 Å². The van der Waals surface area contributed by atoms with Crippen LogP contribution in [0.4, 0.5) is 0 Å². The molecule has 76 valence electrons. The number of rotatable bonds is 3. The third kappa shape index (κ3) is 2.60. The lowest BCUT2D eigenvalue weighted by molar-refractivity contribution is 0.0950. The van der Waals surface area contributed by atoms with Crippen LogP contribution in [-0.4, -0.2) is 15.5 Å². The first kappa shape index (κ1) is 9.79. The van der Waals surface area contributed by atoms with Crippen molar-refractivity contribution < 1.29 is 4.79 Å². The molecule has 5 heteroatoms. The van der Waals surface area contributed by atoms with E-state index in [4.69, 9.17) is 0 Å². The van der Waals surface area contributed by atoms with Gasteiger partial charge in [-0.2, -0.15) is 0 Å². The largest absolute Gasteiger partial charge is 0.346 e. The first-order valence-corrected chi connectivity index (χ1v) is 5.29. The van der Waals surface area contributed by atoms with Gasteiger partial charge in [0.2, 0.25) is 0 Å². The van der Waals surface area contributed by atoms with E-state index in [1.54, 1.807) is 12.1 Å². The topological polar surface area (TPSA) is 54.9 Å². The summed E-state index contributed by atoms with van der Waals surface area (Å²) in [6.45, 7) is 0.421. The van der Waals surface area contributed by atoms with Crippen LogP contribution < -0.4 is 5.32 Å². The predicted octanol–water partition coefficient (Wildman–Crippen LogP) is 1.47. The first-order chi connectivity index (χ1) is 7.36. The zero-order chi connectivity index (χ0) is 10.5. The highest BCUT2D eigenvalue weighted by Crippen LogP contribution is 2.00. The second-order valence-corrected chi connectivity index (χ2v) is 3.55. The molecule has 4 nitrogen and oxygen atoms in total. The monoisotopic (exact) mass is 219 g/mol. The number of carbonyl (C=O) groups excluding carboxylic acids is 1. The molecule has 2 aromatic rings. The van der Waals surface area contributed by atoms with Gasteiger partial charge in [-0.05, 0) is 23.7 Å². The number of carbonyl (C=O) groups is 1. The number of benzene rings is 1. The van der Waals surface area contributed by atoms with E-state index in [2.05, 4.69) is 14.9 Å². The van der Waals surface area contributed by atoms with Crippen LogP contribution in [0, 0.1) is 0 Å². The Hall–Kier alpha value is -1.75. The fourth-order valence-corrected chi connectivity index (χ4v) is 1.57. The number of amides is 1. The first-order valence-electron chi connectivity index (χ1n) is 4.45. The molecule has 1 heterocycles. The average Bonchev–Trinajstić information content (AvgIpc) is 2.80. The van der Waals surface area contributed by atoms with E-state index in [0.29, 0.717) is 12.1 Å². The average molecular weight is 219 g/mol. The van der Waals surface area contributed by atoms with Gasteiger partial charge in [0.1, 0.15) is 0 Å². The van der Waals surface area contributed by atoms with Crippen molar-refractivity contribution in [2.45, 2.75) is 6.54 Å². The van der Waals surface area contributed by atoms with Gasteiger partial charge in [0.25, 0.3) is 5.91 Å². The molecule has 0 unspecified atom stereocenters. The molecule has 0 atom stereocenters. The minimum atomic E-state index is -0.0939. The zero-order valence-corrected chi connectivity index (χ0v) is 8.70. The minimum Gasteiger partial charge on any atom is -0.346 e. The molecule has 0 radical (unpaired) electrons. The molecule has 0 fully saturated rings. The third-order valence-corrected chi connectivity index (χ3v) is 2.42. The molecule has 1 aromatic heterocycles. The molecular weight excluding hydrogens is 210 g/mol. The second-order valence-electron chi connectivity index (χ2n) is 2.94. The van der Waals surface area contributed by atoms with Crippen molar-refractivity contribution in [1.82, 2.24) is 14.9 Å². The summed E-state index contributed by atoms with van der Waals surface area (Å²) in [6, 6.07) is 9.09. The maximum absolute atomic E-state index is 11.6. The number of hydrogen-bond acceptors (Lipinski definition) is 4. The molecule has 0 saturated carbocycles. The van der Waals surface area contributed by atoms with Crippen molar-refractivity contribution >= 4 is 17.4 Å². The van der Waals surface area contributed by atoms with Gasteiger partial charge in [-0.1, -0.05) is 22.7 Å². The van der Waals surface area contributed by atoms with Crippen LogP contribution in [0.15, 0.2) is 35.7 Å². The Morgan fingerprint density at radius 3 is 2.80 bits per heavy atom. The van der Waals surface area contributed by atoms with Crippen LogP contribution in [0.3, 0.4) is 0 Å². The SMILES string of the molecule is O=C(NCc1csnn1)c1ccccc1. The lowest BCUT2D eigenvalue weighted by Crippen LogP contribution is -2.22. The molecular formula is C10H9N3OS. The molecule has 0 aliphatic heterocycles. The fraction of sp³-hybridized carbons (Fsp3) is 0.100. The molecule has 0 aliphatic rings. The van der Waals surface area contributed by atoms with E-state index in [0.717, 1.165) is 5.69 Å². The highest BCUT2D eigenvalue weighted by atomic mass is 32.1. The molecule has 0 bridgehead atoms. The van der Waals surface area contributed by atoms with Gasteiger partial charge in [0.05, 0.1) is 12.2 Å². The highest BCUT2D eigenvalue weighted by Gasteiger charge is 2.04. The lowest BCUT2D eigenvalue weighted by atomic mass is 10.2. The van der Waals surface area contributed by atoms with E-state index in [9.17, 15) is 4.79 Å². The van der Waals surface area contributed by atoms with Gasteiger partial charge >= 0.3 is 0 Å². The van der Waals surface area contributed by atoms with Crippen molar-refractivity contribution in [2.24, 2.45) is 0 Å². The summed E-state index contributed by atoms with van der Waals surface area (Å²) >= 11 is 1.27. The van der Waals surface area contributed by atoms with Crippen LogP contribution in [-0.2, 0) is 6.54 Å². The van der Waals surface area contributed by atoms with E-state index in [-0.39, 0.29) is 5.91 Å². The summed E-state index contributed by atoms with van der Waals surface area (Å²) < 4.78 is 3.71. The zero-order valence-electron chi connectivity index (χ0n) is 7.88. The van der Waals surface area contributed by atoms with Crippen LogP contribution in [0.2, 0.25) is 0 Å². The molecule has 15 heavy (non-hydrogen) atoms. The quantitative estimate of drug-likeness (QED) is 0.850. The number of hydrogen-bond donors (Lipinski definition) is 1. The Bertz CT molecular complexity index is 427. The van der Waals surface area contributed by atoms with Crippen LogP contribution in [0.5, 0.6) is 0 Å². The molecule has 1 aromatic carbocycles. The van der Waals surface area contributed by atoms with Crippen LogP contribution in [0.1, 0.15) is 16.1 Å². The summed E-state index contributed by atoms with van der Waals surface area (Å²) in [5.74, 6) is -0.0939. The van der Waals surface area contributed by atoms with Gasteiger partial charge in [0, 0.05) is 10.9 Å². The molecule has 0 spiro atoms. The van der Waals surface area contributed by atoms with Gasteiger partial charge < -0.3 is 5.32 Å². The summed E-state index contributed by atoms with van der Waals surface area (Å²) in [7, 11) is 0. The summed E-state index contributed by atoms with van der Waals surface area (Å²) in [5.41, 5.74) is 1.44. The second kappa shape index (κ2) is 4.65. The van der Waals surface area contributed by atoms with Crippen molar-refractivity contribution in [1.29, 1.82) is 0 Å². The number of aromatic nitrogens is 2. The number of nitrogens with one attached hydrogen (secondary N) is 1. The molecule has 0 aliphatic carbocycles. The number of nitrogens with zero attached hydrogens (tertiary/aromatic N) is 2. The Balaban J connectivity index is 1.94. The normalized spacial score (nSPS) is 9.87. The Kier molecular flexibility index (Phi) is 3.04. The molecule has 0 saturated heterocycles. The smallest absolute Gasteiger partial charge is 0.251 e. The van der Waals surface area contributed by atoms with E-state index in [1.807, 2.05) is 23.6 Å². The summed E-state index contributed by atoms with van der Waals surface area (Å²) in [6.07, 6.45) is 0. The van der Waals surface area contributed by atoms with Gasteiger partial charge in [-0.15, -0.1) is 5.10 Å². The lowest BCUT2D eigenvalue weighted by Gasteiger charge is -2.01. The van der Waals surface area contributed by atoms with Crippen molar-refractivity contribution in [3.05, 3.63) is 47.0 Å². The summed E-state index contributed by atoms with van der Waals surface area (Å²) in [4.78, 5) is 11.6. The standard InChI is InChI=1S/C10H9N3OS/c14-10(8-4-2-1-3-5-8)11-6-9-7-15-13-12-9/h1-5,7H,6H2,(H,11,14).